The second-order valence-corrected chi connectivity index (χ2v) is 7.39. The van der Waals surface area contributed by atoms with Crippen LogP contribution in [0.5, 0.6) is 0 Å². The third-order valence-electron chi connectivity index (χ3n) is 4.44. The van der Waals surface area contributed by atoms with Gasteiger partial charge >= 0.3 is 0 Å². The molecule has 1 heterocycles. The van der Waals surface area contributed by atoms with Gasteiger partial charge in [0.2, 0.25) is 0 Å². The number of anilines is 1. The topological polar surface area (TPSA) is 55.1 Å². The average molecular weight is 302 g/mol. The highest BCUT2D eigenvalue weighted by Crippen LogP contribution is 2.34. The maximum absolute atomic E-state index is 12.4. The van der Waals surface area contributed by atoms with Crippen molar-refractivity contribution in [2.24, 2.45) is 11.8 Å². The summed E-state index contributed by atoms with van der Waals surface area (Å²) >= 11 is 1.49. The number of nitrogens with one attached hydrogen (secondary N) is 1. The molecule has 2 unspecified atom stereocenters. The molecule has 0 radical (unpaired) electrons. The van der Waals surface area contributed by atoms with Gasteiger partial charge in [-0.1, -0.05) is 25.5 Å². The number of rotatable bonds is 3. The first kappa shape index (κ1) is 14.4. The molecule has 0 spiro atoms. The molecule has 21 heavy (non-hydrogen) atoms. The number of hydrogen-bond acceptors (Lipinski definition) is 3. The zero-order valence-electron chi connectivity index (χ0n) is 12.6. The standard InChI is InChI=1S/C17H22N2OS/c1-10-3-5-12(7-10)9-19-17(20)16-15(18)13-6-4-11(2)8-14(13)21-16/h4,6,8,10,12H,3,5,7,9,18H2,1-2H3,(H,19,20). The number of hydrogen-bond donors (Lipinski definition) is 2. The largest absolute Gasteiger partial charge is 0.397 e. The highest BCUT2D eigenvalue weighted by Gasteiger charge is 2.23. The van der Waals surface area contributed by atoms with Crippen LogP contribution in [-0.2, 0) is 0 Å². The van der Waals surface area contributed by atoms with Gasteiger partial charge in [0.15, 0.2) is 0 Å². The lowest BCUT2D eigenvalue weighted by atomic mass is 10.1. The van der Waals surface area contributed by atoms with Crippen LogP contribution in [0.2, 0.25) is 0 Å². The summed E-state index contributed by atoms with van der Waals surface area (Å²) < 4.78 is 1.09. The van der Waals surface area contributed by atoms with Crippen molar-refractivity contribution in [1.82, 2.24) is 5.32 Å². The van der Waals surface area contributed by atoms with Crippen molar-refractivity contribution >= 4 is 33.0 Å². The summed E-state index contributed by atoms with van der Waals surface area (Å²) in [4.78, 5) is 13.0. The van der Waals surface area contributed by atoms with E-state index in [0.717, 1.165) is 22.5 Å². The Labute approximate surface area is 129 Å². The van der Waals surface area contributed by atoms with Gasteiger partial charge in [-0.3, -0.25) is 4.79 Å². The summed E-state index contributed by atoms with van der Waals surface area (Å²) in [5.74, 6) is 1.40. The predicted octanol–water partition coefficient (Wildman–Crippen LogP) is 3.96. The molecular weight excluding hydrogens is 280 g/mol. The Morgan fingerprint density at radius 2 is 2.24 bits per heavy atom. The molecule has 0 saturated heterocycles. The van der Waals surface area contributed by atoms with Crippen LogP contribution in [0.25, 0.3) is 10.1 Å². The number of benzene rings is 1. The molecule has 1 amide bonds. The maximum Gasteiger partial charge on any atom is 0.263 e. The summed E-state index contributed by atoms with van der Waals surface area (Å²) in [5, 5.41) is 4.06. The number of nitrogen functional groups attached to an aromatic ring is 1. The molecule has 1 aliphatic rings. The number of thiophene rings is 1. The molecule has 0 bridgehead atoms. The van der Waals surface area contributed by atoms with Crippen molar-refractivity contribution in [3.05, 3.63) is 28.6 Å². The summed E-state index contributed by atoms with van der Waals surface area (Å²) in [7, 11) is 0. The fourth-order valence-electron chi connectivity index (χ4n) is 3.22. The lowest BCUT2D eigenvalue weighted by Crippen LogP contribution is -2.28. The van der Waals surface area contributed by atoms with Gasteiger partial charge in [-0.05, 0) is 43.2 Å². The quantitative estimate of drug-likeness (QED) is 0.901. The first-order valence-corrected chi connectivity index (χ1v) is 8.43. The van der Waals surface area contributed by atoms with E-state index in [1.165, 1.54) is 36.2 Å². The van der Waals surface area contributed by atoms with E-state index in [9.17, 15) is 4.79 Å². The van der Waals surface area contributed by atoms with E-state index in [1.807, 2.05) is 12.1 Å². The molecule has 1 aromatic carbocycles. The van der Waals surface area contributed by atoms with Crippen molar-refractivity contribution < 1.29 is 4.79 Å². The van der Waals surface area contributed by atoms with Gasteiger partial charge in [-0.2, -0.15) is 0 Å². The third kappa shape index (κ3) is 2.91. The van der Waals surface area contributed by atoms with Gasteiger partial charge in [0, 0.05) is 16.6 Å². The number of nitrogens with two attached hydrogens (primary N) is 1. The highest BCUT2D eigenvalue weighted by atomic mass is 32.1. The number of amides is 1. The fraction of sp³-hybridized carbons (Fsp3) is 0.471. The lowest BCUT2D eigenvalue weighted by Gasteiger charge is -2.10. The van der Waals surface area contributed by atoms with Crippen molar-refractivity contribution in [3.63, 3.8) is 0 Å². The minimum atomic E-state index is -0.0223. The summed E-state index contributed by atoms with van der Waals surface area (Å²) in [6.07, 6.45) is 3.73. The Morgan fingerprint density at radius 1 is 1.43 bits per heavy atom. The van der Waals surface area contributed by atoms with Gasteiger partial charge in [-0.25, -0.2) is 0 Å². The Bertz CT molecular complexity index is 677. The molecule has 112 valence electrons. The van der Waals surface area contributed by atoms with Crippen molar-refractivity contribution in [3.8, 4) is 0 Å². The predicted molar refractivity (Wildman–Crippen MR) is 89.8 cm³/mol. The molecule has 2 atom stereocenters. The van der Waals surface area contributed by atoms with E-state index in [2.05, 4.69) is 25.2 Å². The average Bonchev–Trinajstić information content (AvgIpc) is 3.00. The van der Waals surface area contributed by atoms with Gasteiger partial charge < -0.3 is 11.1 Å². The van der Waals surface area contributed by atoms with Crippen LogP contribution in [0.1, 0.15) is 41.4 Å². The number of carbonyl (C=O) groups excluding carboxylic acids is 1. The first-order chi connectivity index (χ1) is 10.0. The zero-order valence-corrected chi connectivity index (χ0v) is 13.4. The SMILES string of the molecule is Cc1ccc2c(N)c(C(=O)NCC3CCC(C)C3)sc2c1. The Kier molecular flexibility index (Phi) is 3.89. The van der Waals surface area contributed by atoms with Crippen LogP contribution < -0.4 is 11.1 Å². The Hall–Kier alpha value is -1.55. The molecule has 0 aliphatic heterocycles. The molecular formula is C17H22N2OS. The fourth-order valence-corrected chi connectivity index (χ4v) is 4.36. The van der Waals surface area contributed by atoms with Gasteiger partial charge in [0.1, 0.15) is 4.88 Å². The van der Waals surface area contributed by atoms with E-state index in [4.69, 9.17) is 5.73 Å². The zero-order chi connectivity index (χ0) is 15.0. The molecule has 4 heteroatoms. The van der Waals surface area contributed by atoms with Crippen LogP contribution in [0.15, 0.2) is 18.2 Å². The second kappa shape index (κ2) is 5.68. The lowest BCUT2D eigenvalue weighted by molar-refractivity contribution is 0.0952. The molecule has 1 saturated carbocycles. The van der Waals surface area contributed by atoms with Gasteiger partial charge in [0.25, 0.3) is 5.91 Å². The molecule has 3 rings (SSSR count). The van der Waals surface area contributed by atoms with Crippen molar-refractivity contribution in [2.45, 2.75) is 33.1 Å². The Morgan fingerprint density at radius 3 is 2.95 bits per heavy atom. The van der Waals surface area contributed by atoms with E-state index in [0.29, 0.717) is 16.5 Å². The smallest absolute Gasteiger partial charge is 0.263 e. The van der Waals surface area contributed by atoms with Crippen molar-refractivity contribution in [2.75, 3.05) is 12.3 Å². The van der Waals surface area contributed by atoms with Crippen LogP contribution >= 0.6 is 11.3 Å². The van der Waals surface area contributed by atoms with Crippen LogP contribution in [0, 0.1) is 18.8 Å². The van der Waals surface area contributed by atoms with Crippen LogP contribution in [-0.4, -0.2) is 12.5 Å². The monoisotopic (exact) mass is 302 g/mol. The summed E-state index contributed by atoms with van der Waals surface area (Å²) in [6.45, 7) is 5.11. The number of aryl methyl sites for hydroxylation is 1. The molecule has 3 N–H and O–H groups in total. The second-order valence-electron chi connectivity index (χ2n) is 6.34. The van der Waals surface area contributed by atoms with Crippen molar-refractivity contribution in [1.29, 1.82) is 0 Å². The highest BCUT2D eigenvalue weighted by molar-refractivity contribution is 7.21. The van der Waals surface area contributed by atoms with Crippen LogP contribution in [0.3, 0.4) is 0 Å². The molecule has 1 fully saturated rings. The van der Waals surface area contributed by atoms with Crippen LogP contribution in [0.4, 0.5) is 5.69 Å². The minimum absolute atomic E-state index is 0.0223. The summed E-state index contributed by atoms with van der Waals surface area (Å²) in [5.41, 5.74) is 7.95. The summed E-state index contributed by atoms with van der Waals surface area (Å²) in [6, 6.07) is 6.13. The van der Waals surface area contributed by atoms with Gasteiger partial charge in [-0.15, -0.1) is 11.3 Å². The maximum atomic E-state index is 12.4. The third-order valence-corrected chi connectivity index (χ3v) is 5.61. The minimum Gasteiger partial charge on any atom is -0.397 e. The number of carbonyl (C=O) groups is 1. The Balaban J connectivity index is 1.74. The molecule has 1 aromatic heterocycles. The first-order valence-electron chi connectivity index (χ1n) is 7.61. The molecule has 1 aliphatic carbocycles. The van der Waals surface area contributed by atoms with E-state index in [-0.39, 0.29) is 5.91 Å². The van der Waals surface area contributed by atoms with E-state index >= 15 is 0 Å². The number of fused-ring (bicyclic) bond motifs is 1. The normalized spacial score (nSPS) is 21.8. The van der Waals surface area contributed by atoms with E-state index < -0.39 is 0 Å². The van der Waals surface area contributed by atoms with Gasteiger partial charge in [0.05, 0.1) is 5.69 Å². The van der Waals surface area contributed by atoms with E-state index in [1.54, 1.807) is 0 Å². The molecule has 2 aromatic rings. The molecule has 3 nitrogen and oxygen atoms in total.